The van der Waals surface area contributed by atoms with E-state index in [0.29, 0.717) is 10.7 Å². The van der Waals surface area contributed by atoms with E-state index in [0.717, 1.165) is 16.8 Å². The number of nitrogens with zero attached hydrogens (tertiary/aromatic N) is 2. The van der Waals surface area contributed by atoms with Crippen LogP contribution in [0.3, 0.4) is 0 Å². The zero-order chi connectivity index (χ0) is 16.9. The zero-order valence-corrected chi connectivity index (χ0v) is 13.7. The van der Waals surface area contributed by atoms with Crippen molar-refractivity contribution >= 4 is 28.9 Å². The Kier molecular flexibility index (Phi) is 5.25. The van der Waals surface area contributed by atoms with E-state index in [4.69, 9.17) is 21.4 Å². The van der Waals surface area contributed by atoms with E-state index >= 15 is 0 Å². The molecule has 0 spiro atoms. The lowest BCUT2D eigenvalue weighted by Crippen LogP contribution is -2.35. The third kappa shape index (κ3) is 3.48. The molecule has 0 aliphatic carbocycles. The first-order valence-electron chi connectivity index (χ1n) is 7.59. The van der Waals surface area contributed by atoms with Crippen molar-refractivity contribution in [1.29, 1.82) is 0 Å². The molecule has 0 bridgehead atoms. The molecular formula is C18H17ClN2O3. The van der Waals surface area contributed by atoms with Crippen molar-refractivity contribution in [1.82, 2.24) is 0 Å². The van der Waals surface area contributed by atoms with Crippen LogP contribution in [-0.2, 0) is 9.53 Å². The summed E-state index contributed by atoms with van der Waals surface area (Å²) in [4.78, 5) is 18.5. The van der Waals surface area contributed by atoms with Crippen LogP contribution in [0.1, 0.15) is 11.1 Å². The minimum absolute atomic E-state index is 0.0268. The highest BCUT2D eigenvalue weighted by atomic mass is 35.5. The maximum atomic E-state index is 12.5. The number of anilines is 1. The van der Waals surface area contributed by atoms with E-state index in [9.17, 15) is 4.79 Å². The number of carbonyl (C=O) groups is 1. The first kappa shape index (κ1) is 16.6. The van der Waals surface area contributed by atoms with Crippen LogP contribution in [0.4, 0.5) is 5.69 Å². The van der Waals surface area contributed by atoms with Crippen molar-refractivity contribution < 1.29 is 14.6 Å². The molecule has 3 rings (SSSR count). The third-order valence-electron chi connectivity index (χ3n) is 3.68. The van der Waals surface area contributed by atoms with E-state index in [1.807, 2.05) is 30.3 Å². The molecule has 1 heterocycles. The standard InChI is InChI=1S/C18H17ClN2O3/c19-14-6-7-16-15(10-14)18(13-4-2-1-3-5-13)20-11-17(23)21(16)12-24-9-8-22/h1-7,10,22H,8-9,11-12H2. The number of benzodiazepines with no additional fused rings is 1. The number of aliphatic hydroxyl groups is 1. The number of halogens is 1. The minimum Gasteiger partial charge on any atom is -0.394 e. The molecule has 1 amide bonds. The second-order valence-corrected chi connectivity index (χ2v) is 5.71. The number of amides is 1. The molecule has 5 nitrogen and oxygen atoms in total. The quantitative estimate of drug-likeness (QED) is 0.848. The maximum absolute atomic E-state index is 12.5. The third-order valence-corrected chi connectivity index (χ3v) is 3.92. The van der Waals surface area contributed by atoms with Gasteiger partial charge in [-0.1, -0.05) is 41.9 Å². The number of fused-ring (bicyclic) bond motifs is 1. The van der Waals surface area contributed by atoms with Gasteiger partial charge in [-0.15, -0.1) is 0 Å². The SMILES string of the molecule is O=C1CN=C(c2ccccc2)c2cc(Cl)ccc2N1COCCO. The van der Waals surface area contributed by atoms with Gasteiger partial charge in [0.25, 0.3) is 5.91 Å². The predicted octanol–water partition coefficient (Wildman–Crippen LogP) is 2.49. The fourth-order valence-corrected chi connectivity index (χ4v) is 2.76. The molecule has 0 saturated heterocycles. The van der Waals surface area contributed by atoms with Crippen molar-refractivity contribution in [2.24, 2.45) is 4.99 Å². The molecule has 1 N–H and O–H groups in total. The van der Waals surface area contributed by atoms with Crippen molar-refractivity contribution in [2.45, 2.75) is 0 Å². The van der Waals surface area contributed by atoms with Crippen LogP contribution in [-0.4, -0.2) is 43.2 Å². The largest absolute Gasteiger partial charge is 0.394 e. The molecule has 2 aromatic carbocycles. The summed E-state index contributed by atoms with van der Waals surface area (Å²) in [7, 11) is 0. The molecule has 0 aromatic heterocycles. The van der Waals surface area contributed by atoms with Crippen molar-refractivity contribution in [2.75, 3.05) is 31.4 Å². The van der Waals surface area contributed by atoms with Gasteiger partial charge in [0.2, 0.25) is 0 Å². The minimum atomic E-state index is -0.164. The number of ether oxygens (including phenoxy) is 1. The highest BCUT2D eigenvalue weighted by Gasteiger charge is 2.25. The molecule has 1 aliphatic rings. The van der Waals surface area contributed by atoms with E-state index in [2.05, 4.69) is 4.99 Å². The van der Waals surface area contributed by atoms with Gasteiger partial charge in [-0.05, 0) is 18.2 Å². The second kappa shape index (κ2) is 7.57. The Bertz CT molecular complexity index is 762. The fraction of sp³-hybridized carbons (Fsp3) is 0.222. The molecule has 0 fully saturated rings. The Labute approximate surface area is 145 Å². The normalized spacial score (nSPS) is 14.2. The number of aliphatic imine (C=N–C) groups is 1. The van der Waals surface area contributed by atoms with Crippen LogP contribution >= 0.6 is 11.6 Å². The lowest BCUT2D eigenvalue weighted by atomic mass is 10.0. The van der Waals surface area contributed by atoms with Gasteiger partial charge in [-0.2, -0.15) is 0 Å². The summed E-state index contributed by atoms with van der Waals surface area (Å²) in [5.41, 5.74) is 3.13. The van der Waals surface area contributed by atoms with Gasteiger partial charge in [0, 0.05) is 16.1 Å². The van der Waals surface area contributed by atoms with Crippen molar-refractivity contribution in [3.8, 4) is 0 Å². The molecule has 0 radical (unpaired) electrons. The van der Waals surface area contributed by atoms with E-state index in [1.165, 1.54) is 4.90 Å². The predicted molar refractivity (Wildman–Crippen MR) is 93.8 cm³/mol. The van der Waals surface area contributed by atoms with Crippen LogP contribution in [0.25, 0.3) is 0 Å². The maximum Gasteiger partial charge on any atom is 0.250 e. The average molecular weight is 345 g/mol. The van der Waals surface area contributed by atoms with Crippen LogP contribution in [0, 0.1) is 0 Å². The summed E-state index contributed by atoms with van der Waals surface area (Å²) in [5.74, 6) is -0.164. The van der Waals surface area contributed by atoms with Crippen LogP contribution in [0.15, 0.2) is 53.5 Å². The Morgan fingerprint density at radius 3 is 2.75 bits per heavy atom. The zero-order valence-electron chi connectivity index (χ0n) is 13.0. The van der Waals surface area contributed by atoms with Gasteiger partial charge in [-0.25, -0.2) is 0 Å². The monoisotopic (exact) mass is 344 g/mol. The Morgan fingerprint density at radius 2 is 2.00 bits per heavy atom. The molecule has 0 unspecified atom stereocenters. The topological polar surface area (TPSA) is 62.1 Å². The molecule has 1 aliphatic heterocycles. The van der Waals surface area contributed by atoms with Crippen LogP contribution in [0.5, 0.6) is 0 Å². The van der Waals surface area contributed by atoms with Gasteiger partial charge >= 0.3 is 0 Å². The molecule has 0 atom stereocenters. The summed E-state index contributed by atoms with van der Waals surface area (Å²) in [5, 5.41) is 9.44. The first-order chi connectivity index (χ1) is 11.7. The summed E-state index contributed by atoms with van der Waals surface area (Å²) < 4.78 is 5.35. The Hall–Kier alpha value is -2.21. The van der Waals surface area contributed by atoms with E-state index < -0.39 is 0 Å². The Morgan fingerprint density at radius 1 is 1.21 bits per heavy atom. The van der Waals surface area contributed by atoms with Crippen molar-refractivity contribution in [3.05, 3.63) is 64.7 Å². The lowest BCUT2D eigenvalue weighted by Gasteiger charge is -2.23. The van der Waals surface area contributed by atoms with Crippen molar-refractivity contribution in [3.63, 3.8) is 0 Å². The molecule has 124 valence electrons. The number of aliphatic hydroxyl groups excluding tert-OH is 1. The van der Waals surface area contributed by atoms with Gasteiger partial charge in [-0.3, -0.25) is 14.7 Å². The van der Waals surface area contributed by atoms with E-state index in [1.54, 1.807) is 18.2 Å². The Balaban J connectivity index is 2.05. The molecule has 2 aromatic rings. The van der Waals surface area contributed by atoms with E-state index in [-0.39, 0.29) is 32.4 Å². The lowest BCUT2D eigenvalue weighted by molar-refractivity contribution is -0.118. The smallest absolute Gasteiger partial charge is 0.250 e. The second-order valence-electron chi connectivity index (χ2n) is 5.28. The summed E-state index contributed by atoms with van der Waals surface area (Å²) in [6.07, 6.45) is 0. The number of carbonyl (C=O) groups excluding carboxylic acids is 1. The van der Waals surface area contributed by atoms with Crippen LogP contribution in [0.2, 0.25) is 5.02 Å². The van der Waals surface area contributed by atoms with Crippen LogP contribution < -0.4 is 4.90 Å². The molecule has 0 saturated carbocycles. The van der Waals surface area contributed by atoms with Gasteiger partial charge in [0.1, 0.15) is 13.3 Å². The number of rotatable bonds is 5. The first-order valence-corrected chi connectivity index (χ1v) is 7.97. The van der Waals surface area contributed by atoms with Gasteiger partial charge in [0.05, 0.1) is 24.6 Å². The number of hydrogen-bond donors (Lipinski definition) is 1. The molecular weight excluding hydrogens is 328 g/mol. The number of benzene rings is 2. The summed E-state index contributed by atoms with van der Waals surface area (Å²) >= 11 is 6.17. The average Bonchev–Trinajstić information content (AvgIpc) is 2.73. The van der Waals surface area contributed by atoms with Gasteiger partial charge < -0.3 is 9.84 Å². The highest BCUT2D eigenvalue weighted by Crippen LogP contribution is 2.29. The highest BCUT2D eigenvalue weighted by molar-refractivity contribution is 6.32. The summed E-state index contributed by atoms with van der Waals surface area (Å²) in [6, 6.07) is 15.0. The molecule has 6 heteroatoms. The summed E-state index contributed by atoms with van der Waals surface area (Å²) in [6.45, 7) is 0.158. The number of hydrogen-bond acceptors (Lipinski definition) is 4. The van der Waals surface area contributed by atoms with Gasteiger partial charge in [0.15, 0.2) is 0 Å². The fourth-order valence-electron chi connectivity index (χ4n) is 2.59. The molecule has 24 heavy (non-hydrogen) atoms.